The molecule has 3 aromatic rings. The maximum Gasteiger partial charge on any atom is 0.534 e. The lowest BCUT2D eigenvalue weighted by atomic mass is 10.0. The number of aryl methyl sites for hydroxylation is 1. The van der Waals surface area contributed by atoms with Crippen molar-refractivity contribution in [2.24, 2.45) is 0 Å². The zero-order valence-corrected chi connectivity index (χ0v) is 18.1. The number of Topliss-reactive ketones (excluding diaryl/α,β-unsaturated/α-hetero) is 1. The van der Waals surface area contributed by atoms with E-state index in [9.17, 15) is 31.2 Å². The van der Waals surface area contributed by atoms with Crippen LogP contribution in [0.1, 0.15) is 15.9 Å². The van der Waals surface area contributed by atoms with Crippen LogP contribution in [0.2, 0.25) is 0 Å². The van der Waals surface area contributed by atoms with Gasteiger partial charge in [0.15, 0.2) is 5.75 Å². The highest BCUT2D eigenvalue weighted by Gasteiger charge is 2.49. The van der Waals surface area contributed by atoms with Crippen molar-refractivity contribution in [1.82, 2.24) is 9.61 Å². The van der Waals surface area contributed by atoms with E-state index in [1.165, 1.54) is 19.2 Å². The number of fused-ring (bicyclic) bond motifs is 1. The normalized spacial score (nSPS) is 12.1. The minimum Gasteiger partial charge on any atom is -0.463 e. The second-order valence-electron chi connectivity index (χ2n) is 6.16. The lowest BCUT2D eigenvalue weighted by Crippen LogP contribution is -2.29. The number of hydrogen-bond acceptors (Lipinski definition) is 7. The van der Waals surface area contributed by atoms with Crippen LogP contribution in [0.4, 0.5) is 13.2 Å². The molecule has 0 aliphatic heterocycles. The van der Waals surface area contributed by atoms with E-state index in [0.29, 0.717) is 10.0 Å². The number of aromatic nitrogens is 2. The molecule has 0 bridgehead atoms. The van der Waals surface area contributed by atoms with Gasteiger partial charge < -0.3 is 8.92 Å². The molecule has 0 N–H and O–H groups in total. The Labute approximate surface area is 181 Å². The third-order valence-corrected chi connectivity index (χ3v) is 5.77. The fourth-order valence-corrected chi connectivity index (χ4v) is 3.71. The van der Waals surface area contributed by atoms with Crippen LogP contribution in [0, 0.1) is 6.92 Å². The van der Waals surface area contributed by atoms with Gasteiger partial charge in [-0.1, -0.05) is 34.1 Å². The first-order valence-electron chi connectivity index (χ1n) is 8.28. The highest BCUT2D eigenvalue weighted by molar-refractivity contribution is 9.10. The van der Waals surface area contributed by atoms with Crippen molar-refractivity contribution >= 4 is 43.3 Å². The molecule has 164 valence electrons. The second-order valence-corrected chi connectivity index (χ2v) is 8.55. The number of alkyl halides is 3. The number of halogens is 4. The number of ketones is 1. The number of hydrogen-bond donors (Lipinski definition) is 0. The summed E-state index contributed by atoms with van der Waals surface area (Å²) >= 11 is 3.32. The standard InChI is InChI=1S/C18H12BrF3N2O6S/c1-9-8-24-13(7-12(23-24)10-5-3-4-6-11(10)19)16(14(9)15(25)17(26)29-2)30-31(27,28)18(20,21)22/h3-8H,1-2H3. The molecule has 8 nitrogen and oxygen atoms in total. The maximum absolute atomic E-state index is 13.0. The molecule has 0 aliphatic carbocycles. The second kappa shape index (κ2) is 7.96. The number of ether oxygens (including phenoxy) is 1. The molecule has 0 amide bonds. The van der Waals surface area contributed by atoms with Crippen LogP contribution in [0.5, 0.6) is 5.75 Å². The Morgan fingerprint density at radius 2 is 1.84 bits per heavy atom. The van der Waals surface area contributed by atoms with Crippen molar-refractivity contribution in [1.29, 1.82) is 0 Å². The average molecular weight is 521 g/mol. The van der Waals surface area contributed by atoms with Crippen LogP contribution in [0.3, 0.4) is 0 Å². The van der Waals surface area contributed by atoms with Crippen LogP contribution in [0.25, 0.3) is 16.8 Å². The molecule has 0 saturated carbocycles. The number of carbonyl (C=O) groups is 2. The summed E-state index contributed by atoms with van der Waals surface area (Å²) in [5.41, 5.74) is -6.03. The number of methoxy groups -OCH3 is 1. The van der Waals surface area contributed by atoms with Crippen molar-refractivity contribution < 1.29 is 40.1 Å². The SMILES string of the molecule is COC(=O)C(=O)c1c(C)cn2nc(-c3ccccc3Br)cc2c1OS(=O)(=O)C(F)(F)F. The minimum absolute atomic E-state index is 0.0583. The van der Waals surface area contributed by atoms with Crippen molar-refractivity contribution in [3.05, 3.63) is 52.1 Å². The van der Waals surface area contributed by atoms with Crippen molar-refractivity contribution in [2.45, 2.75) is 12.4 Å². The van der Waals surface area contributed by atoms with Gasteiger partial charge in [-0.15, -0.1) is 0 Å². The minimum atomic E-state index is -6.17. The number of esters is 1. The third-order valence-electron chi connectivity index (χ3n) is 4.13. The van der Waals surface area contributed by atoms with Gasteiger partial charge in [0.25, 0.3) is 5.78 Å². The highest BCUT2D eigenvalue weighted by Crippen LogP contribution is 2.37. The molecular formula is C18H12BrF3N2O6S. The van der Waals surface area contributed by atoms with Crippen LogP contribution >= 0.6 is 15.9 Å². The van der Waals surface area contributed by atoms with E-state index in [1.807, 2.05) is 0 Å². The van der Waals surface area contributed by atoms with Crippen LogP contribution in [-0.2, 0) is 19.6 Å². The molecule has 0 atom stereocenters. The Balaban J connectivity index is 2.35. The van der Waals surface area contributed by atoms with Gasteiger partial charge in [0, 0.05) is 16.2 Å². The summed E-state index contributed by atoms with van der Waals surface area (Å²) in [5.74, 6) is -3.77. The van der Waals surface area contributed by atoms with E-state index in [1.54, 1.807) is 24.3 Å². The Kier molecular flexibility index (Phi) is 5.84. The molecule has 0 radical (unpaired) electrons. The Morgan fingerprint density at radius 3 is 2.42 bits per heavy atom. The van der Waals surface area contributed by atoms with E-state index in [4.69, 9.17) is 0 Å². The van der Waals surface area contributed by atoms with Gasteiger partial charge in [0.2, 0.25) is 0 Å². The summed E-state index contributed by atoms with van der Waals surface area (Å²) in [6.07, 6.45) is 1.25. The maximum atomic E-state index is 13.0. The number of pyridine rings is 1. The van der Waals surface area contributed by atoms with Gasteiger partial charge in [-0.25, -0.2) is 9.31 Å². The molecule has 3 rings (SSSR count). The smallest absolute Gasteiger partial charge is 0.463 e. The Morgan fingerprint density at radius 1 is 1.19 bits per heavy atom. The zero-order chi connectivity index (χ0) is 23.1. The van der Waals surface area contributed by atoms with Crippen molar-refractivity contribution in [3.63, 3.8) is 0 Å². The summed E-state index contributed by atoms with van der Waals surface area (Å²) in [6.45, 7) is 1.28. The van der Waals surface area contributed by atoms with Crippen LogP contribution in [-0.4, -0.2) is 42.4 Å². The Bertz CT molecular complexity index is 1320. The van der Waals surface area contributed by atoms with Crippen LogP contribution in [0.15, 0.2) is 41.0 Å². The molecule has 0 spiro atoms. The van der Waals surface area contributed by atoms with E-state index in [0.717, 1.165) is 11.6 Å². The van der Waals surface area contributed by atoms with E-state index >= 15 is 0 Å². The molecule has 0 unspecified atom stereocenters. The van der Waals surface area contributed by atoms with E-state index in [-0.39, 0.29) is 16.8 Å². The quantitative estimate of drug-likeness (QED) is 0.166. The molecule has 0 fully saturated rings. The molecule has 0 aliphatic rings. The molecule has 1 aromatic carbocycles. The van der Waals surface area contributed by atoms with E-state index in [2.05, 4.69) is 29.9 Å². The topological polar surface area (TPSA) is 104 Å². The molecule has 0 saturated heterocycles. The molecule has 2 aromatic heterocycles. The Hall–Kier alpha value is -2.93. The summed E-state index contributed by atoms with van der Waals surface area (Å²) < 4.78 is 72.7. The van der Waals surface area contributed by atoms with Crippen molar-refractivity contribution in [2.75, 3.05) is 7.11 Å². The van der Waals surface area contributed by atoms with Gasteiger partial charge in [-0.05, 0) is 24.6 Å². The van der Waals surface area contributed by atoms with Gasteiger partial charge >= 0.3 is 21.6 Å². The lowest BCUT2D eigenvalue weighted by molar-refractivity contribution is -0.135. The third kappa shape index (κ3) is 4.14. The average Bonchev–Trinajstić information content (AvgIpc) is 3.09. The first kappa shape index (κ1) is 22.7. The number of benzene rings is 1. The molecule has 31 heavy (non-hydrogen) atoms. The number of carbonyl (C=O) groups excluding carboxylic acids is 2. The summed E-state index contributed by atoms with van der Waals surface area (Å²) in [7, 11) is -5.27. The predicted molar refractivity (Wildman–Crippen MR) is 105 cm³/mol. The zero-order valence-electron chi connectivity index (χ0n) is 15.7. The van der Waals surface area contributed by atoms with Crippen molar-refractivity contribution in [3.8, 4) is 17.0 Å². The summed E-state index contributed by atoms with van der Waals surface area (Å²) in [4.78, 5) is 24.2. The largest absolute Gasteiger partial charge is 0.534 e. The first-order chi connectivity index (χ1) is 14.4. The monoisotopic (exact) mass is 520 g/mol. The van der Waals surface area contributed by atoms with Crippen LogP contribution < -0.4 is 4.18 Å². The first-order valence-corrected chi connectivity index (χ1v) is 10.5. The number of nitrogens with zero attached hydrogens (tertiary/aromatic N) is 2. The van der Waals surface area contributed by atoms with Gasteiger partial charge in [0.1, 0.15) is 5.52 Å². The van der Waals surface area contributed by atoms with Gasteiger partial charge in [0.05, 0.1) is 18.4 Å². The fourth-order valence-electron chi connectivity index (χ4n) is 2.74. The summed E-state index contributed by atoms with van der Waals surface area (Å²) in [5, 5.41) is 4.23. The highest BCUT2D eigenvalue weighted by atomic mass is 79.9. The number of rotatable bonds is 5. The molecule has 13 heteroatoms. The predicted octanol–water partition coefficient (Wildman–Crippen LogP) is 3.66. The lowest BCUT2D eigenvalue weighted by Gasteiger charge is -2.15. The summed E-state index contributed by atoms with van der Waals surface area (Å²) in [6, 6.07) is 8.00. The molecular weight excluding hydrogens is 509 g/mol. The fraction of sp³-hybridized carbons (Fsp3) is 0.167. The molecule has 2 heterocycles. The van der Waals surface area contributed by atoms with Gasteiger partial charge in [-0.3, -0.25) is 4.79 Å². The van der Waals surface area contributed by atoms with E-state index < -0.39 is 38.7 Å². The van der Waals surface area contributed by atoms with Gasteiger partial charge in [-0.2, -0.15) is 26.7 Å².